The molecule has 0 aromatic heterocycles. The summed E-state index contributed by atoms with van der Waals surface area (Å²) >= 11 is 0. The van der Waals surface area contributed by atoms with Crippen LogP contribution in [-0.4, -0.2) is 13.1 Å². The van der Waals surface area contributed by atoms with Crippen molar-refractivity contribution in [3.63, 3.8) is 0 Å². The van der Waals surface area contributed by atoms with E-state index >= 15 is 0 Å². The molecule has 2 heterocycles. The minimum atomic E-state index is 1.04. The number of rotatable bonds is 0. The lowest BCUT2D eigenvalue weighted by Gasteiger charge is -2.22. The predicted molar refractivity (Wildman–Crippen MR) is 41.4 cm³/mol. The fraction of sp³-hybridized carbons (Fsp3) is 0.500. The predicted octanol–water partition coefficient (Wildman–Crippen LogP) is 0.741. The van der Waals surface area contributed by atoms with Gasteiger partial charge in [0.1, 0.15) is 0 Å². The Balaban J connectivity index is 2.23. The molecule has 0 saturated carbocycles. The van der Waals surface area contributed by atoms with Gasteiger partial charge in [0.25, 0.3) is 0 Å². The third-order valence-corrected chi connectivity index (χ3v) is 2.03. The van der Waals surface area contributed by atoms with Crippen LogP contribution in [0.4, 0.5) is 0 Å². The molecule has 0 aromatic rings. The zero-order chi connectivity index (χ0) is 6.81. The van der Waals surface area contributed by atoms with E-state index < -0.39 is 0 Å². The first kappa shape index (κ1) is 5.83. The molecule has 0 atom stereocenters. The molecule has 2 aliphatic rings. The number of nitrogens with one attached hydrogen (secondary N) is 2. The van der Waals surface area contributed by atoms with Gasteiger partial charge in [0.15, 0.2) is 0 Å². The molecule has 2 rings (SSSR count). The molecule has 2 nitrogen and oxygen atoms in total. The summed E-state index contributed by atoms with van der Waals surface area (Å²) in [5, 5.41) is 6.58. The maximum absolute atomic E-state index is 3.37. The lowest BCUT2D eigenvalue weighted by molar-refractivity contribution is 0.644. The Morgan fingerprint density at radius 2 is 2.40 bits per heavy atom. The Hall–Kier alpha value is -0.920. The fourth-order valence-corrected chi connectivity index (χ4v) is 1.47. The van der Waals surface area contributed by atoms with Crippen molar-refractivity contribution >= 4 is 0 Å². The zero-order valence-electron chi connectivity index (χ0n) is 5.98. The zero-order valence-corrected chi connectivity index (χ0v) is 5.98. The van der Waals surface area contributed by atoms with E-state index in [9.17, 15) is 0 Å². The molecule has 0 bridgehead atoms. The van der Waals surface area contributed by atoms with Crippen LogP contribution in [0.2, 0.25) is 0 Å². The van der Waals surface area contributed by atoms with Gasteiger partial charge in [0.2, 0.25) is 0 Å². The van der Waals surface area contributed by atoms with Gasteiger partial charge in [-0.3, -0.25) is 0 Å². The molecule has 0 amide bonds. The van der Waals surface area contributed by atoms with Crippen LogP contribution in [0, 0.1) is 0 Å². The lowest BCUT2D eigenvalue weighted by atomic mass is 10.0. The van der Waals surface area contributed by atoms with E-state index in [1.807, 2.05) is 6.20 Å². The molecule has 0 unspecified atom stereocenters. The van der Waals surface area contributed by atoms with Crippen LogP contribution in [0.1, 0.15) is 12.8 Å². The van der Waals surface area contributed by atoms with Crippen LogP contribution in [0.5, 0.6) is 0 Å². The molecule has 54 valence electrons. The molecule has 0 aromatic carbocycles. The smallest absolute Gasteiger partial charge is 0.0377 e. The molecule has 0 saturated heterocycles. The highest BCUT2D eigenvalue weighted by molar-refractivity contribution is 5.29. The first-order valence-corrected chi connectivity index (χ1v) is 3.82. The highest BCUT2D eigenvalue weighted by atomic mass is 14.9. The maximum atomic E-state index is 3.37. The molecule has 2 aliphatic heterocycles. The van der Waals surface area contributed by atoms with Crippen molar-refractivity contribution in [1.29, 1.82) is 0 Å². The van der Waals surface area contributed by atoms with Gasteiger partial charge in [-0.15, -0.1) is 0 Å². The van der Waals surface area contributed by atoms with Gasteiger partial charge in [-0.25, -0.2) is 0 Å². The van der Waals surface area contributed by atoms with Gasteiger partial charge in [0, 0.05) is 18.8 Å². The quantitative estimate of drug-likeness (QED) is 0.513. The molecule has 2 N–H and O–H groups in total. The fourth-order valence-electron chi connectivity index (χ4n) is 1.47. The molecule has 0 spiro atoms. The first-order chi connectivity index (χ1) is 4.97. The van der Waals surface area contributed by atoms with Crippen LogP contribution in [0.15, 0.2) is 23.5 Å². The number of hydrogen-bond donors (Lipinski definition) is 2. The van der Waals surface area contributed by atoms with E-state index in [0.29, 0.717) is 0 Å². The summed E-state index contributed by atoms with van der Waals surface area (Å²) in [5.41, 5.74) is 2.89. The van der Waals surface area contributed by atoms with Crippen LogP contribution in [0.25, 0.3) is 0 Å². The second-order valence-electron chi connectivity index (χ2n) is 2.76. The van der Waals surface area contributed by atoms with E-state index in [4.69, 9.17) is 0 Å². The maximum Gasteiger partial charge on any atom is 0.0377 e. The van der Waals surface area contributed by atoms with Crippen LogP contribution < -0.4 is 10.6 Å². The average molecular weight is 136 g/mol. The van der Waals surface area contributed by atoms with E-state index in [1.54, 1.807) is 0 Å². The number of allylic oxidation sites excluding steroid dienone is 1. The average Bonchev–Trinajstić information content (AvgIpc) is 2.05. The monoisotopic (exact) mass is 136 g/mol. The van der Waals surface area contributed by atoms with Crippen molar-refractivity contribution in [3.05, 3.63) is 23.5 Å². The van der Waals surface area contributed by atoms with Crippen molar-refractivity contribution < 1.29 is 0 Å². The third kappa shape index (κ3) is 0.897. The molecule has 0 fully saturated rings. The second-order valence-corrected chi connectivity index (χ2v) is 2.76. The number of hydrogen-bond acceptors (Lipinski definition) is 2. The van der Waals surface area contributed by atoms with Crippen molar-refractivity contribution in [2.24, 2.45) is 0 Å². The first-order valence-electron chi connectivity index (χ1n) is 3.82. The highest BCUT2D eigenvalue weighted by Gasteiger charge is 2.10. The summed E-state index contributed by atoms with van der Waals surface area (Å²) < 4.78 is 0. The normalized spacial score (nSPS) is 23.2. The summed E-state index contributed by atoms with van der Waals surface area (Å²) in [7, 11) is 0. The summed E-state index contributed by atoms with van der Waals surface area (Å²) in [5.74, 6) is 0. The molecule has 0 radical (unpaired) electrons. The Kier molecular flexibility index (Phi) is 1.38. The Labute approximate surface area is 61.0 Å². The standard InChI is InChI=1S/C8H12N2/c1-2-7-6-9-5-3-8(7)10-4-1/h3,5,9-10H,1-2,4,6H2. The van der Waals surface area contributed by atoms with Gasteiger partial charge < -0.3 is 10.6 Å². The third-order valence-electron chi connectivity index (χ3n) is 2.03. The van der Waals surface area contributed by atoms with Crippen LogP contribution in [-0.2, 0) is 0 Å². The van der Waals surface area contributed by atoms with Crippen molar-refractivity contribution in [2.45, 2.75) is 12.8 Å². The van der Waals surface area contributed by atoms with E-state index in [1.165, 1.54) is 24.1 Å². The van der Waals surface area contributed by atoms with Gasteiger partial charge in [-0.05, 0) is 30.7 Å². The van der Waals surface area contributed by atoms with Crippen LogP contribution in [0.3, 0.4) is 0 Å². The lowest BCUT2D eigenvalue weighted by Crippen LogP contribution is -2.27. The van der Waals surface area contributed by atoms with E-state index in [2.05, 4.69) is 16.7 Å². The van der Waals surface area contributed by atoms with Gasteiger partial charge in [-0.1, -0.05) is 0 Å². The van der Waals surface area contributed by atoms with Gasteiger partial charge in [-0.2, -0.15) is 0 Å². The summed E-state index contributed by atoms with van der Waals surface area (Å²) in [6, 6.07) is 0. The van der Waals surface area contributed by atoms with Crippen molar-refractivity contribution in [3.8, 4) is 0 Å². The van der Waals surface area contributed by atoms with Gasteiger partial charge in [0.05, 0.1) is 0 Å². The second kappa shape index (κ2) is 2.37. The SMILES string of the molecule is C1=CC2=C(CCCN2)CN1. The molecule has 0 aliphatic carbocycles. The largest absolute Gasteiger partial charge is 0.387 e. The Morgan fingerprint density at radius 3 is 3.30 bits per heavy atom. The van der Waals surface area contributed by atoms with E-state index in [-0.39, 0.29) is 0 Å². The minimum Gasteiger partial charge on any atom is -0.387 e. The van der Waals surface area contributed by atoms with Crippen LogP contribution >= 0.6 is 0 Å². The molecular formula is C8H12N2. The van der Waals surface area contributed by atoms with Crippen molar-refractivity contribution in [1.82, 2.24) is 10.6 Å². The topological polar surface area (TPSA) is 24.1 Å². The summed E-state index contributed by atoms with van der Waals surface area (Å²) in [6.45, 7) is 2.18. The van der Waals surface area contributed by atoms with Crippen molar-refractivity contribution in [2.75, 3.05) is 13.1 Å². The molecular weight excluding hydrogens is 124 g/mol. The Morgan fingerprint density at radius 1 is 1.40 bits per heavy atom. The van der Waals surface area contributed by atoms with E-state index in [0.717, 1.165) is 13.1 Å². The molecule has 2 heteroatoms. The summed E-state index contributed by atoms with van der Waals surface area (Å²) in [6.07, 6.45) is 6.68. The highest BCUT2D eigenvalue weighted by Crippen LogP contribution is 2.16. The minimum absolute atomic E-state index is 1.04. The molecule has 10 heavy (non-hydrogen) atoms. The number of dihydropyridines is 1. The van der Waals surface area contributed by atoms with Gasteiger partial charge >= 0.3 is 0 Å². The Bertz CT molecular complexity index is 191. The summed E-state index contributed by atoms with van der Waals surface area (Å²) in [4.78, 5) is 0.